The van der Waals surface area contributed by atoms with Crippen LogP contribution >= 0.6 is 11.8 Å². The number of halogens is 2. The zero-order chi connectivity index (χ0) is 11.5. The number of nitrogen functional groups attached to an aromatic ring is 1. The molecule has 0 aliphatic carbocycles. The van der Waals surface area contributed by atoms with Gasteiger partial charge in [0.15, 0.2) is 0 Å². The van der Waals surface area contributed by atoms with Crippen LogP contribution in [0.25, 0.3) is 0 Å². The van der Waals surface area contributed by atoms with Crippen molar-refractivity contribution in [3.05, 3.63) is 48.3 Å². The van der Waals surface area contributed by atoms with Gasteiger partial charge >= 0.3 is 0 Å². The maximum Gasteiger partial charge on any atom is 0.150 e. The fraction of sp³-hybridized carbons (Fsp3) is 0. The van der Waals surface area contributed by atoms with Crippen molar-refractivity contribution >= 4 is 17.4 Å². The Hall–Kier alpha value is -1.62. The zero-order valence-corrected chi connectivity index (χ0v) is 8.97. The van der Waals surface area contributed by atoms with Gasteiger partial charge < -0.3 is 5.73 Å². The van der Waals surface area contributed by atoms with Gasteiger partial charge in [-0.15, -0.1) is 0 Å². The third-order valence-electron chi connectivity index (χ3n) is 1.93. The molecule has 5 heteroatoms. The van der Waals surface area contributed by atoms with Gasteiger partial charge in [0.25, 0.3) is 0 Å². The van der Waals surface area contributed by atoms with Crippen molar-refractivity contribution in [3.63, 3.8) is 0 Å². The normalized spacial score (nSPS) is 10.4. The molecule has 2 aromatic rings. The van der Waals surface area contributed by atoms with Crippen molar-refractivity contribution in [1.82, 2.24) is 4.98 Å². The third-order valence-corrected chi connectivity index (χ3v) is 3.00. The molecule has 1 heterocycles. The summed E-state index contributed by atoms with van der Waals surface area (Å²) in [5.74, 6) is -1.38. The molecule has 2 N–H and O–H groups in total. The van der Waals surface area contributed by atoms with E-state index >= 15 is 0 Å². The van der Waals surface area contributed by atoms with Gasteiger partial charge in [0, 0.05) is 28.3 Å². The molecule has 82 valence electrons. The van der Waals surface area contributed by atoms with Crippen LogP contribution in [0.2, 0.25) is 0 Å². The Kier molecular flexibility index (Phi) is 3.05. The second-order valence-electron chi connectivity index (χ2n) is 3.08. The van der Waals surface area contributed by atoms with E-state index in [0.29, 0.717) is 4.90 Å². The van der Waals surface area contributed by atoms with Crippen LogP contribution in [0.1, 0.15) is 0 Å². The highest BCUT2D eigenvalue weighted by atomic mass is 32.2. The maximum absolute atomic E-state index is 13.2. The lowest BCUT2D eigenvalue weighted by Gasteiger charge is -2.06. The molecule has 0 fully saturated rings. The molecular weight excluding hydrogens is 230 g/mol. The number of rotatable bonds is 2. The van der Waals surface area contributed by atoms with E-state index in [1.807, 2.05) is 0 Å². The molecule has 1 aromatic heterocycles. The van der Waals surface area contributed by atoms with Gasteiger partial charge in [-0.25, -0.2) is 8.78 Å². The summed E-state index contributed by atoms with van der Waals surface area (Å²) < 4.78 is 26.1. The molecule has 1 aromatic carbocycles. The average Bonchev–Trinajstić information content (AvgIpc) is 2.27. The average molecular weight is 238 g/mol. The number of pyridine rings is 1. The van der Waals surface area contributed by atoms with E-state index in [1.54, 1.807) is 24.5 Å². The Morgan fingerprint density at radius 1 is 1.12 bits per heavy atom. The minimum absolute atomic E-state index is 0.0387. The fourth-order valence-electron chi connectivity index (χ4n) is 1.18. The molecule has 0 amide bonds. The second-order valence-corrected chi connectivity index (χ2v) is 4.20. The quantitative estimate of drug-likeness (QED) is 0.817. The van der Waals surface area contributed by atoms with Crippen molar-refractivity contribution in [2.75, 3.05) is 5.73 Å². The molecule has 0 saturated carbocycles. The second kappa shape index (κ2) is 4.49. The van der Waals surface area contributed by atoms with Crippen molar-refractivity contribution < 1.29 is 8.78 Å². The van der Waals surface area contributed by atoms with Crippen molar-refractivity contribution in [3.8, 4) is 0 Å². The Morgan fingerprint density at radius 2 is 1.81 bits per heavy atom. The highest BCUT2D eigenvalue weighted by molar-refractivity contribution is 7.99. The number of benzene rings is 1. The molecule has 2 rings (SSSR count). The van der Waals surface area contributed by atoms with Crippen molar-refractivity contribution in [2.24, 2.45) is 0 Å². The summed E-state index contributed by atoms with van der Waals surface area (Å²) in [6.07, 6.45) is 3.21. The smallest absolute Gasteiger partial charge is 0.150 e. The summed E-state index contributed by atoms with van der Waals surface area (Å²) in [5.41, 5.74) is 5.48. The van der Waals surface area contributed by atoms with Crippen LogP contribution < -0.4 is 5.73 Å². The monoisotopic (exact) mass is 238 g/mol. The van der Waals surface area contributed by atoms with E-state index in [0.717, 1.165) is 11.0 Å². The van der Waals surface area contributed by atoms with Crippen LogP contribution in [0.4, 0.5) is 14.5 Å². The number of nitrogens with two attached hydrogens (primary N) is 1. The highest BCUT2D eigenvalue weighted by Crippen LogP contribution is 2.33. The van der Waals surface area contributed by atoms with Gasteiger partial charge in [-0.2, -0.15) is 0 Å². The van der Waals surface area contributed by atoms with Crippen LogP contribution in [0.15, 0.2) is 46.5 Å². The lowest BCUT2D eigenvalue weighted by atomic mass is 10.3. The Bertz CT molecular complexity index is 503. The van der Waals surface area contributed by atoms with Crippen LogP contribution in [0, 0.1) is 11.6 Å². The molecule has 0 saturated heterocycles. The topological polar surface area (TPSA) is 38.9 Å². The molecule has 0 aliphatic heterocycles. The van der Waals surface area contributed by atoms with Gasteiger partial charge in [0.05, 0.1) is 5.69 Å². The molecule has 0 spiro atoms. The Labute approximate surface area is 95.5 Å². The molecule has 0 aliphatic rings. The Balaban J connectivity index is 2.35. The first-order chi connectivity index (χ1) is 7.66. The molecule has 0 radical (unpaired) electrons. The predicted octanol–water partition coefficient (Wildman–Crippen LogP) is 3.09. The van der Waals surface area contributed by atoms with Gasteiger partial charge in [-0.3, -0.25) is 4.98 Å². The summed E-state index contributed by atoms with van der Waals surface area (Å²) in [6.45, 7) is 0. The van der Waals surface area contributed by atoms with Crippen LogP contribution in [-0.2, 0) is 0 Å². The molecule has 0 atom stereocenters. The summed E-state index contributed by atoms with van der Waals surface area (Å²) in [6, 6.07) is 5.47. The Morgan fingerprint density at radius 3 is 2.50 bits per heavy atom. The van der Waals surface area contributed by atoms with E-state index in [-0.39, 0.29) is 5.69 Å². The van der Waals surface area contributed by atoms with Crippen LogP contribution in [0.3, 0.4) is 0 Å². The van der Waals surface area contributed by atoms with Gasteiger partial charge in [-0.05, 0) is 18.2 Å². The fourth-order valence-corrected chi connectivity index (χ4v) is 2.07. The van der Waals surface area contributed by atoms with Crippen LogP contribution in [0.5, 0.6) is 0 Å². The summed E-state index contributed by atoms with van der Waals surface area (Å²) >= 11 is 1.20. The lowest BCUT2D eigenvalue weighted by Crippen LogP contribution is -1.94. The summed E-state index contributed by atoms with van der Waals surface area (Å²) in [5, 5.41) is 0. The number of aromatic nitrogens is 1. The summed E-state index contributed by atoms with van der Waals surface area (Å²) in [4.78, 5) is 5.04. The highest BCUT2D eigenvalue weighted by Gasteiger charge is 2.09. The maximum atomic E-state index is 13.2. The van der Waals surface area contributed by atoms with Crippen molar-refractivity contribution in [1.29, 1.82) is 0 Å². The number of hydrogen-bond acceptors (Lipinski definition) is 3. The minimum Gasteiger partial charge on any atom is -0.395 e. The number of hydrogen-bond donors (Lipinski definition) is 1. The largest absolute Gasteiger partial charge is 0.395 e. The third kappa shape index (κ3) is 2.30. The first-order valence-electron chi connectivity index (χ1n) is 4.49. The molecular formula is C11H8F2N2S. The van der Waals surface area contributed by atoms with Gasteiger partial charge in [0.1, 0.15) is 11.6 Å². The standard InChI is InChI=1S/C11H8F2N2S/c12-7-5-9(13)11(14)10(6-7)16-8-1-3-15-4-2-8/h1-6H,14H2. The van der Waals surface area contributed by atoms with E-state index in [4.69, 9.17) is 5.73 Å². The first-order valence-corrected chi connectivity index (χ1v) is 5.31. The lowest BCUT2D eigenvalue weighted by molar-refractivity contribution is 0.581. The number of anilines is 1. The minimum atomic E-state index is -0.739. The van der Waals surface area contributed by atoms with E-state index in [2.05, 4.69) is 4.98 Å². The molecule has 2 nitrogen and oxygen atoms in total. The van der Waals surface area contributed by atoms with Crippen molar-refractivity contribution in [2.45, 2.75) is 9.79 Å². The van der Waals surface area contributed by atoms with E-state index < -0.39 is 11.6 Å². The predicted molar refractivity (Wildman–Crippen MR) is 59.1 cm³/mol. The van der Waals surface area contributed by atoms with Gasteiger partial charge in [0.2, 0.25) is 0 Å². The zero-order valence-electron chi connectivity index (χ0n) is 8.15. The molecule has 0 bridgehead atoms. The first kappa shape index (κ1) is 10.9. The van der Waals surface area contributed by atoms with Gasteiger partial charge in [-0.1, -0.05) is 11.8 Å². The molecule has 0 unspecified atom stereocenters. The van der Waals surface area contributed by atoms with E-state index in [9.17, 15) is 8.78 Å². The SMILES string of the molecule is Nc1c(F)cc(F)cc1Sc1ccncc1. The summed E-state index contributed by atoms with van der Waals surface area (Å²) in [7, 11) is 0. The van der Waals surface area contributed by atoms with Crippen LogP contribution in [-0.4, -0.2) is 4.98 Å². The van der Waals surface area contributed by atoms with E-state index in [1.165, 1.54) is 17.8 Å². The number of nitrogens with zero attached hydrogens (tertiary/aromatic N) is 1. The molecule has 16 heavy (non-hydrogen) atoms.